The first-order valence-electron chi connectivity index (χ1n) is 6.61. The second-order valence-electron chi connectivity index (χ2n) is 4.74. The predicted molar refractivity (Wildman–Crippen MR) is 81.2 cm³/mol. The quantitative estimate of drug-likeness (QED) is 0.887. The number of carbonyl (C=O) groups excluding carboxylic acids is 1. The Kier molecular flexibility index (Phi) is 5.11. The highest BCUT2D eigenvalue weighted by atomic mass is 35.5. The van der Waals surface area contributed by atoms with Crippen LogP contribution < -0.4 is 10.9 Å². The Morgan fingerprint density at radius 3 is 2.90 bits per heavy atom. The van der Waals surface area contributed by atoms with Gasteiger partial charge in [-0.05, 0) is 31.0 Å². The van der Waals surface area contributed by atoms with Crippen molar-refractivity contribution in [2.75, 3.05) is 0 Å². The fourth-order valence-electron chi connectivity index (χ4n) is 1.95. The van der Waals surface area contributed by atoms with Gasteiger partial charge in [-0.25, -0.2) is 4.98 Å². The molecule has 0 fully saturated rings. The zero-order chi connectivity index (χ0) is 15.2. The molecule has 0 bridgehead atoms. The van der Waals surface area contributed by atoms with Gasteiger partial charge in [-0.15, -0.1) is 0 Å². The number of nitrogens with one attached hydrogen (secondary N) is 2. The maximum Gasteiger partial charge on any atom is 0.251 e. The number of aromatic amines is 1. The van der Waals surface area contributed by atoms with E-state index in [4.69, 9.17) is 11.6 Å². The van der Waals surface area contributed by atoms with E-state index in [1.54, 1.807) is 13.0 Å². The van der Waals surface area contributed by atoms with Crippen molar-refractivity contribution in [3.05, 3.63) is 62.8 Å². The summed E-state index contributed by atoms with van der Waals surface area (Å²) in [6, 6.07) is 8.83. The van der Waals surface area contributed by atoms with Crippen molar-refractivity contribution >= 4 is 17.5 Å². The molecule has 2 rings (SSSR count). The molecule has 1 aromatic heterocycles. The van der Waals surface area contributed by atoms with Crippen LogP contribution in [0.15, 0.2) is 35.1 Å². The molecule has 0 aliphatic heterocycles. The molecule has 0 spiro atoms. The van der Waals surface area contributed by atoms with Crippen LogP contribution in [0, 0.1) is 6.92 Å². The van der Waals surface area contributed by atoms with E-state index < -0.39 is 0 Å². The van der Waals surface area contributed by atoms with E-state index in [0.717, 1.165) is 5.56 Å². The minimum atomic E-state index is -0.217. The van der Waals surface area contributed by atoms with E-state index in [1.165, 1.54) is 6.07 Å². The van der Waals surface area contributed by atoms with Gasteiger partial charge in [-0.1, -0.05) is 23.7 Å². The minimum absolute atomic E-state index is 0.0980. The summed E-state index contributed by atoms with van der Waals surface area (Å²) >= 11 is 5.89. The SMILES string of the molecule is Cc1cc(=O)[nH]c(CNC(=O)CCc2cccc(Cl)c2)n1. The Morgan fingerprint density at radius 2 is 2.19 bits per heavy atom. The Morgan fingerprint density at radius 1 is 1.38 bits per heavy atom. The standard InChI is InChI=1S/C15H16ClN3O2/c1-10-7-15(21)19-13(18-10)9-17-14(20)6-5-11-3-2-4-12(16)8-11/h2-4,7-8H,5-6,9H2,1H3,(H,17,20)(H,18,19,21). The molecule has 0 atom stereocenters. The highest BCUT2D eigenvalue weighted by Crippen LogP contribution is 2.12. The maximum atomic E-state index is 11.8. The van der Waals surface area contributed by atoms with Crippen LogP contribution in [-0.2, 0) is 17.8 Å². The van der Waals surface area contributed by atoms with Crippen molar-refractivity contribution < 1.29 is 4.79 Å². The van der Waals surface area contributed by atoms with Crippen molar-refractivity contribution in [2.24, 2.45) is 0 Å². The van der Waals surface area contributed by atoms with Crippen molar-refractivity contribution in [1.29, 1.82) is 0 Å². The zero-order valence-electron chi connectivity index (χ0n) is 11.6. The normalized spacial score (nSPS) is 10.4. The molecule has 5 nitrogen and oxygen atoms in total. The summed E-state index contributed by atoms with van der Waals surface area (Å²) in [6.07, 6.45) is 0.973. The highest BCUT2D eigenvalue weighted by molar-refractivity contribution is 6.30. The summed E-state index contributed by atoms with van der Waals surface area (Å²) in [5.74, 6) is 0.357. The van der Waals surface area contributed by atoms with Crippen LogP contribution in [0.1, 0.15) is 23.5 Å². The van der Waals surface area contributed by atoms with Gasteiger partial charge in [0.15, 0.2) is 0 Å². The van der Waals surface area contributed by atoms with E-state index >= 15 is 0 Å². The van der Waals surface area contributed by atoms with Gasteiger partial charge in [0.25, 0.3) is 5.56 Å². The number of rotatable bonds is 5. The second-order valence-corrected chi connectivity index (χ2v) is 5.18. The molecule has 2 N–H and O–H groups in total. The molecule has 0 aliphatic rings. The van der Waals surface area contributed by atoms with Gasteiger partial charge in [0, 0.05) is 23.2 Å². The third kappa shape index (κ3) is 5.04. The fraction of sp³-hybridized carbons (Fsp3) is 0.267. The largest absolute Gasteiger partial charge is 0.349 e. The van der Waals surface area contributed by atoms with Gasteiger partial charge in [-0.3, -0.25) is 9.59 Å². The lowest BCUT2D eigenvalue weighted by Gasteiger charge is -2.05. The van der Waals surface area contributed by atoms with E-state index in [9.17, 15) is 9.59 Å². The Hall–Kier alpha value is -2.14. The van der Waals surface area contributed by atoms with Crippen molar-refractivity contribution in [2.45, 2.75) is 26.3 Å². The number of hydrogen-bond donors (Lipinski definition) is 2. The van der Waals surface area contributed by atoms with Crippen molar-refractivity contribution in [1.82, 2.24) is 15.3 Å². The summed E-state index contributed by atoms with van der Waals surface area (Å²) in [5.41, 5.74) is 1.42. The third-order valence-corrected chi connectivity index (χ3v) is 3.14. The number of hydrogen-bond acceptors (Lipinski definition) is 3. The first kappa shape index (κ1) is 15.3. The van der Waals surface area contributed by atoms with Crippen LogP contribution in [0.25, 0.3) is 0 Å². The van der Waals surface area contributed by atoms with Gasteiger partial charge >= 0.3 is 0 Å². The minimum Gasteiger partial charge on any atom is -0.349 e. The van der Waals surface area contributed by atoms with Crippen LogP contribution in [0.2, 0.25) is 5.02 Å². The summed E-state index contributed by atoms with van der Waals surface area (Å²) < 4.78 is 0. The predicted octanol–water partition coefficient (Wildman–Crippen LogP) is 1.98. The lowest BCUT2D eigenvalue weighted by atomic mass is 10.1. The van der Waals surface area contributed by atoms with Crippen molar-refractivity contribution in [3.63, 3.8) is 0 Å². The molecule has 2 aromatic rings. The average molecular weight is 306 g/mol. The van der Waals surface area contributed by atoms with E-state index in [2.05, 4.69) is 15.3 Å². The summed E-state index contributed by atoms with van der Waals surface area (Å²) in [4.78, 5) is 29.8. The average Bonchev–Trinajstić information content (AvgIpc) is 2.42. The van der Waals surface area contributed by atoms with Crippen molar-refractivity contribution in [3.8, 4) is 0 Å². The lowest BCUT2D eigenvalue weighted by Crippen LogP contribution is -2.25. The number of halogens is 1. The molecule has 0 aliphatic carbocycles. The Balaban J connectivity index is 1.83. The number of carbonyl (C=O) groups is 1. The molecule has 110 valence electrons. The highest BCUT2D eigenvalue weighted by Gasteiger charge is 2.04. The molecule has 0 unspecified atom stereocenters. The molecule has 1 amide bonds. The van der Waals surface area contributed by atoms with E-state index in [-0.39, 0.29) is 18.0 Å². The molecular formula is C15H16ClN3O2. The van der Waals surface area contributed by atoms with Gasteiger partial charge in [0.05, 0.1) is 6.54 Å². The number of aromatic nitrogens is 2. The summed E-state index contributed by atoms with van der Waals surface area (Å²) in [7, 11) is 0. The molecule has 0 saturated carbocycles. The monoisotopic (exact) mass is 305 g/mol. The molecular weight excluding hydrogens is 290 g/mol. The van der Waals surface area contributed by atoms with E-state index in [0.29, 0.717) is 29.4 Å². The molecule has 1 heterocycles. The summed E-state index contributed by atoms with van der Waals surface area (Å²) in [6.45, 7) is 1.95. The van der Waals surface area contributed by atoms with E-state index in [1.807, 2.05) is 18.2 Å². The third-order valence-electron chi connectivity index (χ3n) is 2.90. The van der Waals surface area contributed by atoms with Crippen LogP contribution in [-0.4, -0.2) is 15.9 Å². The topological polar surface area (TPSA) is 74.8 Å². The maximum absolute atomic E-state index is 11.8. The second kappa shape index (κ2) is 7.04. The van der Waals surface area contributed by atoms with Crippen LogP contribution in [0.5, 0.6) is 0 Å². The molecule has 6 heteroatoms. The molecule has 0 saturated heterocycles. The van der Waals surface area contributed by atoms with Crippen LogP contribution >= 0.6 is 11.6 Å². The van der Waals surface area contributed by atoms with Gasteiger partial charge < -0.3 is 10.3 Å². The lowest BCUT2D eigenvalue weighted by molar-refractivity contribution is -0.121. The van der Waals surface area contributed by atoms with Gasteiger partial charge in [0.2, 0.25) is 5.91 Å². The smallest absolute Gasteiger partial charge is 0.251 e. The number of amides is 1. The Bertz CT molecular complexity index is 697. The molecule has 21 heavy (non-hydrogen) atoms. The van der Waals surface area contributed by atoms with Crippen LogP contribution in [0.3, 0.4) is 0 Å². The van der Waals surface area contributed by atoms with Gasteiger partial charge in [-0.2, -0.15) is 0 Å². The van der Waals surface area contributed by atoms with Crippen LogP contribution in [0.4, 0.5) is 0 Å². The van der Waals surface area contributed by atoms with Gasteiger partial charge in [0.1, 0.15) is 5.82 Å². The first-order valence-corrected chi connectivity index (χ1v) is 6.99. The number of benzene rings is 1. The number of nitrogens with zero attached hydrogens (tertiary/aromatic N) is 1. The number of aryl methyl sites for hydroxylation is 2. The first-order chi connectivity index (χ1) is 10.0. The zero-order valence-corrected chi connectivity index (χ0v) is 12.4. The number of H-pyrrole nitrogens is 1. The summed E-state index contributed by atoms with van der Waals surface area (Å²) in [5, 5.41) is 3.40. The Labute approximate surface area is 127 Å². The molecule has 0 radical (unpaired) electrons. The molecule has 1 aromatic carbocycles. The fourth-order valence-corrected chi connectivity index (χ4v) is 2.16.